The van der Waals surface area contributed by atoms with Gasteiger partial charge in [0.1, 0.15) is 0 Å². The van der Waals surface area contributed by atoms with E-state index in [0.717, 1.165) is 19.6 Å². The van der Waals surface area contributed by atoms with E-state index in [-0.39, 0.29) is 5.91 Å². The van der Waals surface area contributed by atoms with Crippen molar-refractivity contribution in [2.24, 2.45) is 0 Å². The van der Waals surface area contributed by atoms with Crippen LogP contribution in [0.25, 0.3) is 0 Å². The number of halogens is 1. The Morgan fingerprint density at radius 2 is 1.74 bits per heavy atom. The Hall–Kier alpha value is -1.60. The van der Waals surface area contributed by atoms with E-state index >= 15 is 0 Å². The second-order valence-electron chi connectivity index (χ2n) is 6.21. The molecule has 6 nitrogen and oxygen atoms in total. The normalized spacial score (nSPS) is 10.6. The number of amides is 1. The van der Waals surface area contributed by atoms with Gasteiger partial charge in [0.05, 0.1) is 26.4 Å². The number of rotatable bonds is 15. The van der Waals surface area contributed by atoms with Crippen molar-refractivity contribution >= 4 is 23.2 Å². The van der Waals surface area contributed by atoms with Crippen LogP contribution in [0.5, 0.6) is 0 Å². The van der Waals surface area contributed by atoms with Crippen molar-refractivity contribution in [3.63, 3.8) is 0 Å². The molecule has 0 unspecified atom stereocenters. The van der Waals surface area contributed by atoms with E-state index in [1.807, 2.05) is 7.05 Å². The number of carbonyl (C=O) groups excluding carboxylic acids is 1. The first-order valence-corrected chi connectivity index (χ1v) is 9.74. The molecule has 0 saturated carbocycles. The van der Waals surface area contributed by atoms with Gasteiger partial charge in [-0.1, -0.05) is 18.7 Å². The van der Waals surface area contributed by atoms with E-state index in [2.05, 4.69) is 46.4 Å². The second kappa shape index (κ2) is 14.5. The Morgan fingerprint density at radius 1 is 1.11 bits per heavy atom. The molecule has 2 N–H and O–H groups in total. The predicted octanol–water partition coefficient (Wildman–Crippen LogP) is 2.18. The van der Waals surface area contributed by atoms with Crippen LogP contribution in [0.1, 0.15) is 12.5 Å². The first-order chi connectivity index (χ1) is 13.0. The lowest BCUT2D eigenvalue weighted by Crippen LogP contribution is -2.28. The largest absolute Gasteiger partial charge is 0.378 e. The van der Waals surface area contributed by atoms with E-state index in [1.165, 1.54) is 11.3 Å². The third-order valence-electron chi connectivity index (χ3n) is 3.84. The van der Waals surface area contributed by atoms with Gasteiger partial charge in [0.15, 0.2) is 0 Å². The van der Waals surface area contributed by atoms with E-state index in [1.54, 1.807) is 6.92 Å². The van der Waals surface area contributed by atoms with Crippen molar-refractivity contribution < 1.29 is 14.3 Å². The standard InChI is InChI=1S/C20H32ClN3O3/c1-17(2)20(25)23-10-13-27-15-14-26-12-9-22-16-18-4-6-19(7-5-18)24(3)11-8-21/h4-7,22H,1,8-16H2,2-3H3,(H,23,25). The third kappa shape index (κ3) is 11.0. The molecule has 0 spiro atoms. The third-order valence-corrected chi connectivity index (χ3v) is 4.01. The summed E-state index contributed by atoms with van der Waals surface area (Å²) < 4.78 is 10.9. The molecule has 0 aliphatic rings. The van der Waals surface area contributed by atoms with Crippen LogP contribution in [-0.4, -0.2) is 64.9 Å². The van der Waals surface area contributed by atoms with E-state index in [4.69, 9.17) is 21.1 Å². The fourth-order valence-electron chi connectivity index (χ4n) is 2.21. The number of benzene rings is 1. The van der Waals surface area contributed by atoms with Gasteiger partial charge in [-0.2, -0.15) is 0 Å². The molecule has 0 fully saturated rings. The summed E-state index contributed by atoms with van der Waals surface area (Å²) in [5.41, 5.74) is 2.90. The van der Waals surface area contributed by atoms with Gasteiger partial charge in [0, 0.05) is 50.4 Å². The average Bonchev–Trinajstić information content (AvgIpc) is 2.66. The number of hydrogen-bond acceptors (Lipinski definition) is 5. The fourth-order valence-corrected chi connectivity index (χ4v) is 2.46. The molecule has 1 aromatic carbocycles. The lowest BCUT2D eigenvalue weighted by atomic mass is 10.2. The minimum atomic E-state index is -0.141. The topological polar surface area (TPSA) is 62.8 Å². The average molecular weight is 398 g/mol. The van der Waals surface area contributed by atoms with Crippen LogP contribution in [0.15, 0.2) is 36.4 Å². The lowest BCUT2D eigenvalue weighted by Gasteiger charge is -2.18. The smallest absolute Gasteiger partial charge is 0.246 e. The highest BCUT2D eigenvalue weighted by atomic mass is 35.5. The molecule has 1 amide bonds. The summed E-state index contributed by atoms with van der Waals surface area (Å²) in [6.07, 6.45) is 0. The maximum absolute atomic E-state index is 11.2. The van der Waals surface area contributed by atoms with E-state index in [9.17, 15) is 4.79 Å². The maximum atomic E-state index is 11.2. The summed E-state index contributed by atoms with van der Waals surface area (Å²) in [5, 5.41) is 6.06. The van der Waals surface area contributed by atoms with Crippen molar-refractivity contribution in [2.45, 2.75) is 13.5 Å². The molecule has 0 atom stereocenters. The van der Waals surface area contributed by atoms with Gasteiger partial charge >= 0.3 is 0 Å². The van der Waals surface area contributed by atoms with Gasteiger partial charge in [0.25, 0.3) is 0 Å². The summed E-state index contributed by atoms with van der Waals surface area (Å²) in [7, 11) is 2.04. The van der Waals surface area contributed by atoms with Crippen LogP contribution in [0, 0.1) is 0 Å². The number of ether oxygens (including phenoxy) is 2. The molecular weight excluding hydrogens is 366 g/mol. The van der Waals surface area contributed by atoms with Crippen LogP contribution >= 0.6 is 11.6 Å². The zero-order valence-corrected chi connectivity index (χ0v) is 17.2. The first-order valence-electron chi connectivity index (χ1n) is 9.20. The monoisotopic (exact) mass is 397 g/mol. The van der Waals surface area contributed by atoms with E-state index < -0.39 is 0 Å². The maximum Gasteiger partial charge on any atom is 0.246 e. The molecular formula is C20H32ClN3O3. The van der Waals surface area contributed by atoms with Crippen LogP contribution < -0.4 is 15.5 Å². The number of carbonyl (C=O) groups is 1. The van der Waals surface area contributed by atoms with Crippen LogP contribution in [0.2, 0.25) is 0 Å². The Balaban J connectivity index is 1.97. The van der Waals surface area contributed by atoms with Gasteiger partial charge in [0.2, 0.25) is 5.91 Å². The molecule has 7 heteroatoms. The van der Waals surface area contributed by atoms with Crippen molar-refractivity contribution in [1.82, 2.24) is 10.6 Å². The SMILES string of the molecule is C=C(C)C(=O)NCCOCCOCCNCc1ccc(N(C)CCCl)cc1. The van der Waals surface area contributed by atoms with Crippen LogP contribution in [0.3, 0.4) is 0 Å². The molecule has 0 aliphatic carbocycles. The Kier molecular flexibility index (Phi) is 12.6. The molecule has 0 heterocycles. The number of anilines is 1. The summed E-state index contributed by atoms with van der Waals surface area (Å²) in [6, 6.07) is 8.45. The highest BCUT2D eigenvalue weighted by Crippen LogP contribution is 2.13. The summed E-state index contributed by atoms with van der Waals surface area (Å²) in [5.74, 6) is 0.481. The first kappa shape index (κ1) is 23.4. The highest BCUT2D eigenvalue weighted by molar-refractivity contribution is 6.18. The Morgan fingerprint density at radius 3 is 2.33 bits per heavy atom. The summed E-state index contributed by atoms with van der Waals surface area (Å²) >= 11 is 5.76. The zero-order chi connectivity index (χ0) is 19.9. The highest BCUT2D eigenvalue weighted by Gasteiger charge is 2.01. The Bertz CT molecular complexity index is 552. The van der Waals surface area contributed by atoms with Crippen molar-refractivity contribution in [1.29, 1.82) is 0 Å². The van der Waals surface area contributed by atoms with Crippen molar-refractivity contribution in [3.8, 4) is 0 Å². The van der Waals surface area contributed by atoms with Gasteiger partial charge in [-0.25, -0.2) is 0 Å². The van der Waals surface area contributed by atoms with Crippen LogP contribution in [-0.2, 0) is 20.8 Å². The quantitative estimate of drug-likeness (QED) is 0.270. The Labute approximate surface area is 167 Å². The number of nitrogens with zero attached hydrogens (tertiary/aromatic N) is 1. The molecule has 0 radical (unpaired) electrons. The summed E-state index contributed by atoms with van der Waals surface area (Å²) in [6.45, 7) is 10.3. The van der Waals surface area contributed by atoms with Gasteiger partial charge < -0.3 is 25.0 Å². The molecule has 0 aromatic heterocycles. The molecule has 0 aliphatic heterocycles. The number of nitrogens with one attached hydrogen (secondary N) is 2. The minimum Gasteiger partial charge on any atom is -0.378 e. The molecule has 1 aromatic rings. The van der Waals surface area contributed by atoms with Gasteiger partial charge in [-0.05, 0) is 24.6 Å². The van der Waals surface area contributed by atoms with Crippen molar-refractivity contribution in [3.05, 3.63) is 42.0 Å². The molecule has 0 bridgehead atoms. The number of hydrogen-bond donors (Lipinski definition) is 2. The van der Waals surface area contributed by atoms with Gasteiger partial charge in [-0.15, -0.1) is 11.6 Å². The predicted molar refractivity (Wildman–Crippen MR) is 112 cm³/mol. The zero-order valence-electron chi connectivity index (χ0n) is 16.4. The lowest BCUT2D eigenvalue weighted by molar-refractivity contribution is -0.117. The molecule has 0 saturated heterocycles. The second-order valence-corrected chi connectivity index (χ2v) is 6.59. The van der Waals surface area contributed by atoms with E-state index in [0.29, 0.717) is 44.4 Å². The van der Waals surface area contributed by atoms with Gasteiger partial charge in [-0.3, -0.25) is 4.79 Å². The van der Waals surface area contributed by atoms with Crippen molar-refractivity contribution in [2.75, 3.05) is 63.9 Å². The minimum absolute atomic E-state index is 0.141. The summed E-state index contributed by atoms with van der Waals surface area (Å²) in [4.78, 5) is 13.4. The molecule has 152 valence electrons. The molecule has 27 heavy (non-hydrogen) atoms. The molecule has 1 rings (SSSR count). The number of alkyl halides is 1. The fraction of sp³-hybridized carbons (Fsp3) is 0.550. The van der Waals surface area contributed by atoms with Crippen LogP contribution in [0.4, 0.5) is 5.69 Å².